The van der Waals surface area contributed by atoms with Crippen LogP contribution in [0.3, 0.4) is 0 Å². The number of carbonyl (C=O) groups is 1. The third-order valence-electron chi connectivity index (χ3n) is 4.59. The number of halogens is 1. The quantitative estimate of drug-likeness (QED) is 0.671. The third kappa shape index (κ3) is 3.60. The molecule has 1 saturated heterocycles. The summed E-state index contributed by atoms with van der Waals surface area (Å²) in [5, 5.41) is 3.82. The van der Waals surface area contributed by atoms with Gasteiger partial charge in [0.25, 0.3) is 0 Å². The lowest BCUT2D eigenvalue weighted by atomic mass is 10.2. The summed E-state index contributed by atoms with van der Waals surface area (Å²) in [6, 6.07) is 11.9. The standard InChI is InChI=1S/C20H20FN3O2S/c1-2-26-17-12-13(21)9-10-14(17)23-20(25)24-11-5-7-16(24)19-22-15-6-3-4-8-18(15)27-19/h3-4,6,8-10,12,16H,2,5,7,11H2,1H3,(H,23,25). The predicted octanol–water partition coefficient (Wildman–Crippen LogP) is 5.20. The maximum atomic E-state index is 13.5. The van der Waals surface area contributed by atoms with Crippen molar-refractivity contribution in [3.8, 4) is 5.75 Å². The fourth-order valence-corrected chi connectivity index (χ4v) is 4.48. The zero-order valence-electron chi connectivity index (χ0n) is 14.9. The molecule has 2 amide bonds. The Morgan fingerprint density at radius 2 is 2.22 bits per heavy atom. The molecule has 3 aromatic rings. The van der Waals surface area contributed by atoms with E-state index in [1.54, 1.807) is 16.2 Å². The van der Waals surface area contributed by atoms with Crippen LogP contribution in [0, 0.1) is 5.82 Å². The second-order valence-electron chi connectivity index (χ2n) is 6.37. The van der Waals surface area contributed by atoms with E-state index >= 15 is 0 Å². The number of ether oxygens (including phenoxy) is 1. The Kier molecular flexibility index (Phi) is 4.94. The minimum absolute atomic E-state index is 0.0432. The number of likely N-dealkylation sites (tertiary alicyclic amines) is 1. The van der Waals surface area contributed by atoms with E-state index in [4.69, 9.17) is 9.72 Å². The number of aromatic nitrogens is 1. The number of rotatable bonds is 4. The van der Waals surface area contributed by atoms with Crippen LogP contribution in [0.25, 0.3) is 10.2 Å². The number of fused-ring (bicyclic) bond motifs is 1. The molecule has 1 N–H and O–H groups in total. The molecule has 140 valence electrons. The van der Waals surface area contributed by atoms with Gasteiger partial charge in [-0.05, 0) is 44.0 Å². The Labute approximate surface area is 160 Å². The summed E-state index contributed by atoms with van der Waals surface area (Å²) >= 11 is 1.63. The van der Waals surface area contributed by atoms with Gasteiger partial charge in [-0.2, -0.15) is 0 Å². The van der Waals surface area contributed by atoms with Gasteiger partial charge in [0.05, 0.1) is 28.6 Å². The second-order valence-corrected chi connectivity index (χ2v) is 7.44. The van der Waals surface area contributed by atoms with Crippen molar-refractivity contribution >= 4 is 33.3 Å². The Morgan fingerprint density at radius 1 is 1.37 bits per heavy atom. The second kappa shape index (κ2) is 7.52. The average molecular weight is 385 g/mol. The van der Waals surface area contributed by atoms with Crippen LogP contribution in [0.1, 0.15) is 30.8 Å². The molecule has 0 radical (unpaired) electrons. The van der Waals surface area contributed by atoms with Crippen LogP contribution in [0.15, 0.2) is 42.5 Å². The highest BCUT2D eigenvalue weighted by atomic mass is 32.1. The molecule has 1 aliphatic rings. The van der Waals surface area contributed by atoms with E-state index in [9.17, 15) is 9.18 Å². The number of thiazole rings is 1. The lowest BCUT2D eigenvalue weighted by Gasteiger charge is -2.24. The summed E-state index contributed by atoms with van der Waals surface area (Å²) in [4.78, 5) is 19.4. The van der Waals surface area contributed by atoms with Crippen molar-refractivity contribution in [3.63, 3.8) is 0 Å². The van der Waals surface area contributed by atoms with Gasteiger partial charge in [-0.3, -0.25) is 0 Å². The fraction of sp³-hybridized carbons (Fsp3) is 0.300. The van der Waals surface area contributed by atoms with E-state index in [1.165, 1.54) is 18.2 Å². The Morgan fingerprint density at radius 3 is 3.04 bits per heavy atom. The van der Waals surface area contributed by atoms with Gasteiger partial charge in [0.2, 0.25) is 0 Å². The zero-order chi connectivity index (χ0) is 18.8. The monoisotopic (exact) mass is 385 g/mol. The third-order valence-corrected chi connectivity index (χ3v) is 5.73. The molecule has 0 saturated carbocycles. The van der Waals surface area contributed by atoms with Crippen LogP contribution in [0.4, 0.5) is 14.9 Å². The average Bonchev–Trinajstić information content (AvgIpc) is 3.30. The van der Waals surface area contributed by atoms with Gasteiger partial charge in [-0.1, -0.05) is 12.1 Å². The van der Waals surface area contributed by atoms with Crippen LogP contribution in [-0.2, 0) is 0 Å². The molecular weight excluding hydrogens is 365 g/mol. The highest BCUT2D eigenvalue weighted by Crippen LogP contribution is 2.37. The van der Waals surface area contributed by atoms with Crippen molar-refractivity contribution in [2.75, 3.05) is 18.5 Å². The van der Waals surface area contributed by atoms with Crippen LogP contribution >= 0.6 is 11.3 Å². The highest BCUT2D eigenvalue weighted by Gasteiger charge is 2.32. The van der Waals surface area contributed by atoms with Gasteiger partial charge in [0.15, 0.2) is 0 Å². The number of anilines is 1. The topological polar surface area (TPSA) is 54.5 Å². The first-order chi connectivity index (χ1) is 13.2. The van der Waals surface area contributed by atoms with E-state index in [1.807, 2.05) is 31.2 Å². The molecule has 1 unspecified atom stereocenters. The number of hydrogen-bond acceptors (Lipinski definition) is 4. The molecule has 0 bridgehead atoms. The number of nitrogens with zero attached hydrogens (tertiary/aromatic N) is 2. The molecule has 7 heteroatoms. The molecule has 1 fully saturated rings. The van der Waals surface area contributed by atoms with Crippen molar-refractivity contribution < 1.29 is 13.9 Å². The van der Waals surface area contributed by atoms with Crippen molar-refractivity contribution in [3.05, 3.63) is 53.3 Å². The number of benzene rings is 2. The van der Waals surface area contributed by atoms with E-state index in [2.05, 4.69) is 5.32 Å². The smallest absolute Gasteiger partial charge is 0.322 e. The molecule has 4 rings (SSSR count). The Hall–Kier alpha value is -2.67. The number of amides is 2. The summed E-state index contributed by atoms with van der Waals surface area (Å²) in [7, 11) is 0. The predicted molar refractivity (Wildman–Crippen MR) is 105 cm³/mol. The molecule has 2 heterocycles. The molecule has 1 aromatic heterocycles. The normalized spacial score (nSPS) is 16.7. The van der Waals surface area contributed by atoms with Gasteiger partial charge in [0, 0.05) is 12.6 Å². The summed E-state index contributed by atoms with van der Waals surface area (Å²) in [5.41, 5.74) is 1.43. The van der Waals surface area contributed by atoms with E-state index < -0.39 is 5.82 Å². The van der Waals surface area contributed by atoms with Crippen LogP contribution in [0.2, 0.25) is 0 Å². The van der Waals surface area contributed by atoms with Crippen LogP contribution < -0.4 is 10.1 Å². The van der Waals surface area contributed by atoms with Crippen molar-refractivity contribution in [1.29, 1.82) is 0 Å². The first-order valence-electron chi connectivity index (χ1n) is 9.01. The number of carbonyl (C=O) groups excluding carboxylic acids is 1. The molecule has 0 spiro atoms. The van der Waals surface area contributed by atoms with E-state index in [0.29, 0.717) is 24.6 Å². The van der Waals surface area contributed by atoms with Gasteiger partial charge >= 0.3 is 6.03 Å². The fourth-order valence-electron chi connectivity index (χ4n) is 3.36. The van der Waals surface area contributed by atoms with Crippen molar-refractivity contribution in [2.24, 2.45) is 0 Å². The SMILES string of the molecule is CCOc1cc(F)ccc1NC(=O)N1CCCC1c1nc2ccccc2s1. The first-order valence-corrected chi connectivity index (χ1v) is 9.83. The molecule has 5 nitrogen and oxygen atoms in total. The lowest BCUT2D eigenvalue weighted by Crippen LogP contribution is -2.34. The Balaban J connectivity index is 1.56. The maximum Gasteiger partial charge on any atom is 0.322 e. The largest absolute Gasteiger partial charge is 0.492 e. The molecular formula is C20H20FN3O2S. The number of hydrogen-bond donors (Lipinski definition) is 1. The minimum atomic E-state index is -0.398. The number of para-hydroxylation sites is 1. The summed E-state index contributed by atoms with van der Waals surface area (Å²) < 4.78 is 20.1. The minimum Gasteiger partial charge on any atom is -0.492 e. The molecule has 27 heavy (non-hydrogen) atoms. The first kappa shape index (κ1) is 17.7. The number of urea groups is 1. The summed E-state index contributed by atoms with van der Waals surface area (Å²) in [6.07, 6.45) is 1.81. The molecule has 1 atom stereocenters. The Bertz CT molecular complexity index is 942. The van der Waals surface area contributed by atoms with Crippen LogP contribution in [-0.4, -0.2) is 29.1 Å². The number of nitrogens with one attached hydrogen (secondary N) is 1. The summed E-state index contributed by atoms with van der Waals surface area (Å²) in [5.74, 6) is -0.0634. The maximum absolute atomic E-state index is 13.5. The summed E-state index contributed by atoms with van der Waals surface area (Å²) in [6.45, 7) is 2.88. The molecule has 2 aromatic carbocycles. The molecule has 1 aliphatic heterocycles. The van der Waals surface area contributed by atoms with Crippen molar-refractivity contribution in [2.45, 2.75) is 25.8 Å². The molecule has 0 aliphatic carbocycles. The highest BCUT2D eigenvalue weighted by molar-refractivity contribution is 7.18. The van der Waals surface area contributed by atoms with Gasteiger partial charge in [-0.15, -0.1) is 11.3 Å². The van der Waals surface area contributed by atoms with Crippen molar-refractivity contribution in [1.82, 2.24) is 9.88 Å². The van der Waals surface area contributed by atoms with Gasteiger partial charge in [-0.25, -0.2) is 14.2 Å². The van der Waals surface area contributed by atoms with E-state index in [-0.39, 0.29) is 12.1 Å². The van der Waals surface area contributed by atoms with Gasteiger partial charge in [0.1, 0.15) is 16.6 Å². The zero-order valence-corrected chi connectivity index (χ0v) is 15.8. The lowest BCUT2D eigenvalue weighted by molar-refractivity contribution is 0.207. The van der Waals surface area contributed by atoms with Crippen LogP contribution in [0.5, 0.6) is 5.75 Å². The van der Waals surface area contributed by atoms with E-state index in [0.717, 1.165) is 28.1 Å². The van der Waals surface area contributed by atoms with Gasteiger partial charge < -0.3 is 15.0 Å².